The monoisotopic (exact) mass is 376 g/mol. The second-order valence-electron chi connectivity index (χ2n) is 7.35. The highest BCUT2D eigenvalue weighted by molar-refractivity contribution is 5.81. The third-order valence-electron chi connectivity index (χ3n) is 5.35. The Morgan fingerprint density at radius 2 is 1.79 bits per heavy atom. The Bertz CT molecular complexity index is 798. The zero-order valence-corrected chi connectivity index (χ0v) is 16.5. The molecule has 0 aromatic heterocycles. The summed E-state index contributed by atoms with van der Waals surface area (Å²) in [4.78, 5) is 17.3. The van der Waals surface area contributed by atoms with Crippen molar-refractivity contribution in [3.63, 3.8) is 0 Å². The highest BCUT2D eigenvalue weighted by Gasteiger charge is 2.23. The molecule has 2 aromatic rings. The predicted octanol–water partition coefficient (Wildman–Crippen LogP) is 2.77. The molecule has 1 amide bonds. The van der Waals surface area contributed by atoms with Crippen molar-refractivity contribution < 1.29 is 4.79 Å². The van der Waals surface area contributed by atoms with E-state index in [1.54, 1.807) is 0 Å². The second kappa shape index (κ2) is 10.0. The molecule has 0 aliphatic carbocycles. The Kier molecular flexibility index (Phi) is 7.18. The van der Waals surface area contributed by atoms with Crippen LogP contribution >= 0.6 is 0 Å². The van der Waals surface area contributed by atoms with Crippen molar-refractivity contribution in [3.8, 4) is 6.07 Å². The van der Waals surface area contributed by atoms with E-state index >= 15 is 0 Å². The number of hydrogen-bond donors (Lipinski definition) is 1. The number of benzene rings is 2. The summed E-state index contributed by atoms with van der Waals surface area (Å²) in [5.41, 5.74) is 3.04. The van der Waals surface area contributed by atoms with Gasteiger partial charge in [-0.25, -0.2) is 0 Å². The maximum Gasteiger partial charge on any atom is 0.237 e. The van der Waals surface area contributed by atoms with E-state index in [1.807, 2.05) is 61.5 Å². The van der Waals surface area contributed by atoms with Gasteiger partial charge in [0.2, 0.25) is 5.91 Å². The van der Waals surface area contributed by atoms with Crippen LogP contribution in [-0.4, -0.2) is 47.9 Å². The van der Waals surface area contributed by atoms with Gasteiger partial charge in [-0.1, -0.05) is 42.5 Å². The Balaban J connectivity index is 1.48. The molecule has 28 heavy (non-hydrogen) atoms. The minimum atomic E-state index is -0.126. The summed E-state index contributed by atoms with van der Waals surface area (Å²) in [5, 5.41) is 12.0. The predicted molar refractivity (Wildman–Crippen MR) is 110 cm³/mol. The first-order chi connectivity index (χ1) is 13.7. The third kappa shape index (κ3) is 5.66. The van der Waals surface area contributed by atoms with E-state index in [1.165, 1.54) is 5.56 Å². The van der Waals surface area contributed by atoms with Crippen LogP contribution in [-0.2, 0) is 17.9 Å². The zero-order chi connectivity index (χ0) is 19.8. The van der Waals surface area contributed by atoms with Crippen LogP contribution in [0, 0.1) is 11.3 Å². The molecular formula is C23H28N4O. The van der Waals surface area contributed by atoms with Crippen molar-refractivity contribution in [2.45, 2.75) is 32.5 Å². The summed E-state index contributed by atoms with van der Waals surface area (Å²) in [6.45, 7) is 7.23. The van der Waals surface area contributed by atoms with Crippen molar-refractivity contribution >= 4 is 5.91 Å². The Hall–Kier alpha value is -2.68. The lowest BCUT2D eigenvalue weighted by Crippen LogP contribution is -2.46. The molecule has 0 spiro atoms. The first-order valence-corrected chi connectivity index (χ1v) is 9.93. The number of amides is 1. The summed E-state index contributed by atoms with van der Waals surface area (Å²) in [6.07, 6.45) is 1.05. The van der Waals surface area contributed by atoms with Gasteiger partial charge in [-0.2, -0.15) is 5.26 Å². The van der Waals surface area contributed by atoms with Crippen molar-refractivity contribution in [1.29, 1.82) is 5.26 Å². The number of nitrogens with zero attached hydrogens (tertiary/aromatic N) is 3. The van der Waals surface area contributed by atoms with Crippen molar-refractivity contribution in [1.82, 2.24) is 15.1 Å². The molecule has 146 valence electrons. The molecule has 3 rings (SSSR count). The van der Waals surface area contributed by atoms with Crippen LogP contribution in [0.4, 0.5) is 0 Å². The zero-order valence-electron chi connectivity index (χ0n) is 16.5. The maximum atomic E-state index is 12.6. The first-order valence-electron chi connectivity index (χ1n) is 9.93. The quantitative estimate of drug-likeness (QED) is 0.842. The van der Waals surface area contributed by atoms with Crippen molar-refractivity contribution in [3.05, 3.63) is 71.3 Å². The van der Waals surface area contributed by atoms with Gasteiger partial charge in [-0.3, -0.25) is 14.6 Å². The third-order valence-corrected chi connectivity index (χ3v) is 5.35. The molecule has 1 atom stereocenters. The van der Waals surface area contributed by atoms with E-state index in [0.717, 1.165) is 44.7 Å². The van der Waals surface area contributed by atoms with Gasteiger partial charge in [-0.15, -0.1) is 0 Å². The fourth-order valence-electron chi connectivity index (χ4n) is 3.58. The van der Waals surface area contributed by atoms with Gasteiger partial charge in [0.1, 0.15) is 0 Å². The first kappa shape index (κ1) is 20.1. The van der Waals surface area contributed by atoms with Crippen LogP contribution in [0.25, 0.3) is 0 Å². The van der Waals surface area contributed by atoms with Crippen molar-refractivity contribution in [2.75, 3.05) is 26.2 Å². The van der Waals surface area contributed by atoms with Gasteiger partial charge in [-0.05, 0) is 43.1 Å². The molecule has 1 aliphatic heterocycles. The molecule has 1 aliphatic rings. The van der Waals surface area contributed by atoms with Gasteiger partial charge >= 0.3 is 0 Å². The Morgan fingerprint density at radius 1 is 1.04 bits per heavy atom. The van der Waals surface area contributed by atoms with Crippen LogP contribution in [0.1, 0.15) is 30.0 Å². The average molecular weight is 377 g/mol. The molecule has 0 radical (unpaired) electrons. The minimum Gasteiger partial charge on any atom is -0.351 e. The summed E-state index contributed by atoms with van der Waals surface area (Å²) in [5.74, 6) is 0.0874. The largest absolute Gasteiger partial charge is 0.351 e. The fraction of sp³-hybridized carbons (Fsp3) is 0.391. The SMILES string of the molecule is CC(C(=O)NCc1ccccc1)N1CCCN(Cc2ccc(C#N)cc2)CC1. The van der Waals surface area contributed by atoms with Crippen LogP contribution in [0.15, 0.2) is 54.6 Å². The molecule has 2 aromatic carbocycles. The molecule has 0 bridgehead atoms. The molecule has 0 saturated carbocycles. The van der Waals surface area contributed by atoms with Gasteiger partial charge in [0.05, 0.1) is 17.7 Å². The Morgan fingerprint density at radius 3 is 2.50 bits per heavy atom. The Labute approximate surface area is 167 Å². The number of carbonyl (C=O) groups excluding carboxylic acids is 1. The lowest BCUT2D eigenvalue weighted by atomic mass is 10.1. The van der Waals surface area contributed by atoms with Gasteiger partial charge in [0, 0.05) is 32.7 Å². The van der Waals surface area contributed by atoms with E-state index in [0.29, 0.717) is 12.1 Å². The normalized spacial score (nSPS) is 16.7. The highest BCUT2D eigenvalue weighted by atomic mass is 16.2. The van der Waals surface area contributed by atoms with E-state index in [-0.39, 0.29) is 11.9 Å². The molecular weight excluding hydrogens is 348 g/mol. The lowest BCUT2D eigenvalue weighted by molar-refractivity contribution is -0.126. The molecule has 1 fully saturated rings. The van der Waals surface area contributed by atoms with E-state index in [9.17, 15) is 4.79 Å². The number of hydrogen-bond acceptors (Lipinski definition) is 4. The van der Waals surface area contributed by atoms with Gasteiger partial charge < -0.3 is 5.32 Å². The van der Waals surface area contributed by atoms with E-state index < -0.39 is 0 Å². The summed E-state index contributed by atoms with van der Waals surface area (Å²) < 4.78 is 0. The van der Waals surface area contributed by atoms with Gasteiger partial charge in [0.15, 0.2) is 0 Å². The van der Waals surface area contributed by atoms with Crippen LogP contribution < -0.4 is 5.32 Å². The van der Waals surface area contributed by atoms with Crippen LogP contribution in [0.5, 0.6) is 0 Å². The molecule has 1 heterocycles. The molecule has 5 nitrogen and oxygen atoms in total. The topological polar surface area (TPSA) is 59.4 Å². The molecule has 1 saturated heterocycles. The molecule has 1 N–H and O–H groups in total. The standard InChI is InChI=1S/C23H28N4O/c1-19(23(28)25-17-21-6-3-2-4-7-21)27-13-5-12-26(14-15-27)18-22-10-8-20(16-24)9-11-22/h2-4,6-11,19H,5,12-15,17-18H2,1H3,(H,25,28). The number of rotatable bonds is 6. The molecule has 1 unspecified atom stereocenters. The fourth-order valence-corrected chi connectivity index (χ4v) is 3.58. The number of nitriles is 1. The van der Waals surface area contributed by atoms with Crippen molar-refractivity contribution in [2.24, 2.45) is 0 Å². The summed E-state index contributed by atoms with van der Waals surface area (Å²) >= 11 is 0. The van der Waals surface area contributed by atoms with E-state index in [4.69, 9.17) is 5.26 Å². The van der Waals surface area contributed by atoms with E-state index in [2.05, 4.69) is 21.2 Å². The molecule has 5 heteroatoms. The second-order valence-corrected chi connectivity index (χ2v) is 7.35. The van der Waals surface area contributed by atoms with Crippen LogP contribution in [0.3, 0.4) is 0 Å². The summed E-state index contributed by atoms with van der Waals surface area (Å²) in [7, 11) is 0. The minimum absolute atomic E-state index is 0.0874. The maximum absolute atomic E-state index is 12.6. The smallest absolute Gasteiger partial charge is 0.237 e. The average Bonchev–Trinajstić information content (AvgIpc) is 2.98. The van der Waals surface area contributed by atoms with Crippen LogP contribution in [0.2, 0.25) is 0 Å². The lowest BCUT2D eigenvalue weighted by Gasteiger charge is -2.27. The summed E-state index contributed by atoms with van der Waals surface area (Å²) in [6, 6.07) is 19.8. The highest BCUT2D eigenvalue weighted by Crippen LogP contribution is 2.12. The number of carbonyl (C=O) groups is 1. The van der Waals surface area contributed by atoms with Gasteiger partial charge in [0.25, 0.3) is 0 Å². The number of nitrogens with one attached hydrogen (secondary N) is 1.